The highest BCUT2D eigenvalue weighted by Crippen LogP contribution is 2.23. The Hall–Kier alpha value is -1.84. The van der Waals surface area contributed by atoms with Crippen molar-refractivity contribution in [2.24, 2.45) is 5.92 Å². The molecule has 1 saturated heterocycles. The van der Waals surface area contributed by atoms with Crippen LogP contribution in [0.2, 0.25) is 5.02 Å². The molecule has 3 rings (SSSR count). The molecule has 0 saturated carbocycles. The molecule has 1 heterocycles. The average Bonchev–Trinajstić information content (AvgIpc) is 2.64. The lowest BCUT2D eigenvalue weighted by Gasteiger charge is -2.32. The van der Waals surface area contributed by atoms with Gasteiger partial charge in [0, 0.05) is 18.1 Å². The lowest BCUT2D eigenvalue weighted by atomic mass is 9.96. The van der Waals surface area contributed by atoms with Crippen LogP contribution in [0.5, 0.6) is 0 Å². The van der Waals surface area contributed by atoms with E-state index in [4.69, 9.17) is 11.6 Å². The van der Waals surface area contributed by atoms with Gasteiger partial charge in [0.15, 0.2) is 0 Å². The molecular formula is C21H25ClN2O. The molecule has 0 spiro atoms. The first-order valence-electron chi connectivity index (χ1n) is 8.94. The van der Waals surface area contributed by atoms with Gasteiger partial charge >= 0.3 is 0 Å². The number of piperidine rings is 1. The van der Waals surface area contributed by atoms with Crippen molar-refractivity contribution in [1.82, 2.24) is 10.2 Å². The Morgan fingerprint density at radius 3 is 2.68 bits per heavy atom. The molecule has 0 aromatic heterocycles. The second-order valence-electron chi connectivity index (χ2n) is 6.81. The highest BCUT2D eigenvalue weighted by atomic mass is 35.5. The Morgan fingerprint density at radius 1 is 1.20 bits per heavy atom. The fourth-order valence-corrected chi connectivity index (χ4v) is 3.63. The Kier molecular flexibility index (Phi) is 6.11. The fourth-order valence-electron chi connectivity index (χ4n) is 3.44. The van der Waals surface area contributed by atoms with E-state index in [9.17, 15) is 4.79 Å². The smallest absolute Gasteiger partial charge is 0.224 e. The van der Waals surface area contributed by atoms with Gasteiger partial charge < -0.3 is 5.32 Å². The SMILES string of the molecule is C[C@H](NC(=O)[C@H]1CCCN(Cc2ccccc2Cl)C1)c1ccccc1. The van der Waals surface area contributed by atoms with E-state index in [0.29, 0.717) is 0 Å². The van der Waals surface area contributed by atoms with Crippen molar-refractivity contribution in [2.75, 3.05) is 13.1 Å². The van der Waals surface area contributed by atoms with Gasteiger partial charge in [-0.15, -0.1) is 0 Å². The molecule has 1 N–H and O–H groups in total. The number of hydrogen-bond acceptors (Lipinski definition) is 2. The predicted molar refractivity (Wildman–Crippen MR) is 102 cm³/mol. The van der Waals surface area contributed by atoms with Crippen molar-refractivity contribution in [3.8, 4) is 0 Å². The molecule has 25 heavy (non-hydrogen) atoms. The van der Waals surface area contributed by atoms with Gasteiger partial charge in [0.1, 0.15) is 0 Å². The molecule has 1 aliphatic rings. The zero-order valence-electron chi connectivity index (χ0n) is 14.6. The Morgan fingerprint density at radius 2 is 1.92 bits per heavy atom. The molecule has 2 aromatic rings. The number of rotatable bonds is 5. The van der Waals surface area contributed by atoms with E-state index < -0.39 is 0 Å². The fraction of sp³-hybridized carbons (Fsp3) is 0.381. The number of carbonyl (C=O) groups is 1. The number of halogens is 1. The molecular weight excluding hydrogens is 332 g/mol. The van der Waals surface area contributed by atoms with Crippen LogP contribution in [0.3, 0.4) is 0 Å². The first-order valence-corrected chi connectivity index (χ1v) is 9.32. The Balaban J connectivity index is 1.57. The Bertz CT molecular complexity index is 704. The van der Waals surface area contributed by atoms with Crippen molar-refractivity contribution in [3.05, 3.63) is 70.7 Å². The highest BCUT2D eigenvalue weighted by molar-refractivity contribution is 6.31. The average molecular weight is 357 g/mol. The third kappa shape index (κ3) is 4.83. The van der Waals surface area contributed by atoms with Gasteiger partial charge in [-0.2, -0.15) is 0 Å². The Labute approximate surface area is 155 Å². The summed E-state index contributed by atoms with van der Waals surface area (Å²) in [5.41, 5.74) is 2.27. The maximum Gasteiger partial charge on any atom is 0.224 e. The van der Waals surface area contributed by atoms with Crippen LogP contribution in [-0.4, -0.2) is 23.9 Å². The minimum Gasteiger partial charge on any atom is -0.349 e. The summed E-state index contributed by atoms with van der Waals surface area (Å²) in [7, 11) is 0. The van der Waals surface area contributed by atoms with Crippen LogP contribution < -0.4 is 5.32 Å². The first-order chi connectivity index (χ1) is 12.1. The van der Waals surface area contributed by atoms with Crippen molar-refractivity contribution in [3.63, 3.8) is 0 Å². The molecule has 1 aliphatic heterocycles. The molecule has 0 aliphatic carbocycles. The molecule has 4 heteroatoms. The zero-order valence-corrected chi connectivity index (χ0v) is 15.4. The number of nitrogens with zero attached hydrogens (tertiary/aromatic N) is 1. The van der Waals surface area contributed by atoms with Gasteiger partial charge in [-0.1, -0.05) is 60.1 Å². The summed E-state index contributed by atoms with van der Waals surface area (Å²) < 4.78 is 0. The number of amides is 1. The predicted octanol–water partition coefficient (Wildman–Crippen LogP) is 4.43. The van der Waals surface area contributed by atoms with E-state index in [0.717, 1.165) is 48.6 Å². The summed E-state index contributed by atoms with van der Waals surface area (Å²) in [5, 5.41) is 3.97. The largest absolute Gasteiger partial charge is 0.349 e. The van der Waals surface area contributed by atoms with E-state index >= 15 is 0 Å². The number of carbonyl (C=O) groups excluding carboxylic acids is 1. The van der Waals surface area contributed by atoms with Crippen LogP contribution >= 0.6 is 11.6 Å². The van der Waals surface area contributed by atoms with Crippen LogP contribution in [0.15, 0.2) is 54.6 Å². The van der Waals surface area contributed by atoms with E-state index in [1.807, 2.05) is 43.3 Å². The van der Waals surface area contributed by atoms with Crippen LogP contribution in [0.4, 0.5) is 0 Å². The van der Waals surface area contributed by atoms with Gasteiger partial charge in [0.2, 0.25) is 5.91 Å². The van der Waals surface area contributed by atoms with Crippen molar-refractivity contribution < 1.29 is 4.79 Å². The van der Waals surface area contributed by atoms with Gasteiger partial charge in [-0.05, 0) is 43.5 Å². The normalized spacial score (nSPS) is 19.4. The standard InChI is InChI=1S/C21H25ClN2O/c1-16(17-8-3-2-4-9-17)23-21(25)19-11-7-13-24(15-19)14-18-10-5-6-12-20(18)22/h2-6,8-10,12,16,19H,7,11,13-15H2,1H3,(H,23,25)/t16-,19-/m0/s1. The van der Waals surface area contributed by atoms with E-state index in [-0.39, 0.29) is 17.9 Å². The van der Waals surface area contributed by atoms with Gasteiger partial charge in [0.05, 0.1) is 12.0 Å². The van der Waals surface area contributed by atoms with Crippen LogP contribution in [0.1, 0.15) is 36.9 Å². The molecule has 132 valence electrons. The van der Waals surface area contributed by atoms with E-state index in [2.05, 4.69) is 28.4 Å². The summed E-state index contributed by atoms with van der Waals surface area (Å²) in [6.07, 6.45) is 1.99. The van der Waals surface area contributed by atoms with Crippen molar-refractivity contribution in [2.45, 2.75) is 32.4 Å². The molecule has 1 fully saturated rings. The van der Waals surface area contributed by atoms with Crippen molar-refractivity contribution >= 4 is 17.5 Å². The highest BCUT2D eigenvalue weighted by Gasteiger charge is 2.27. The molecule has 2 aromatic carbocycles. The summed E-state index contributed by atoms with van der Waals surface area (Å²) in [4.78, 5) is 15.0. The van der Waals surface area contributed by atoms with Gasteiger partial charge in [-0.25, -0.2) is 0 Å². The number of nitrogens with one attached hydrogen (secondary N) is 1. The summed E-state index contributed by atoms with van der Waals surface area (Å²) in [5.74, 6) is 0.197. The van der Waals surface area contributed by atoms with E-state index in [1.165, 1.54) is 0 Å². The van der Waals surface area contributed by atoms with Crippen LogP contribution in [0, 0.1) is 5.92 Å². The second-order valence-corrected chi connectivity index (χ2v) is 7.21. The van der Waals surface area contributed by atoms with Crippen LogP contribution in [0.25, 0.3) is 0 Å². The third-order valence-corrected chi connectivity index (χ3v) is 5.26. The van der Waals surface area contributed by atoms with Crippen molar-refractivity contribution in [1.29, 1.82) is 0 Å². The molecule has 0 unspecified atom stereocenters. The summed E-state index contributed by atoms with van der Waals surface area (Å²) >= 11 is 6.27. The maximum absolute atomic E-state index is 12.7. The molecule has 2 atom stereocenters. The summed E-state index contributed by atoms with van der Waals surface area (Å²) in [6.45, 7) is 4.65. The first kappa shape index (κ1) is 18.0. The van der Waals surface area contributed by atoms with Gasteiger partial charge in [0.25, 0.3) is 0 Å². The van der Waals surface area contributed by atoms with Gasteiger partial charge in [-0.3, -0.25) is 9.69 Å². The quantitative estimate of drug-likeness (QED) is 0.859. The minimum atomic E-state index is 0.0349. The lowest BCUT2D eigenvalue weighted by Crippen LogP contribution is -2.43. The second kappa shape index (κ2) is 8.50. The molecule has 1 amide bonds. The number of likely N-dealkylation sites (tertiary alicyclic amines) is 1. The minimum absolute atomic E-state index is 0.0349. The number of benzene rings is 2. The lowest BCUT2D eigenvalue weighted by molar-refractivity contribution is -0.127. The maximum atomic E-state index is 12.7. The zero-order chi connectivity index (χ0) is 17.6. The summed E-state index contributed by atoms with van der Waals surface area (Å²) in [6, 6.07) is 18.1. The monoisotopic (exact) mass is 356 g/mol. The molecule has 3 nitrogen and oxygen atoms in total. The molecule has 0 radical (unpaired) electrons. The number of hydrogen-bond donors (Lipinski definition) is 1. The molecule has 0 bridgehead atoms. The topological polar surface area (TPSA) is 32.3 Å². The van der Waals surface area contributed by atoms with Crippen LogP contribution in [-0.2, 0) is 11.3 Å². The van der Waals surface area contributed by atoms with E-state index in [1.54, 1.807) is 0 Å². The third-order valence-electron chi connectivity index (χ3n) is 4.89.